The predicted molar refractivity (Wildman–Crippen MR) is 92.2 cm³/mol. The lowest BCUT2D eigenvalue weighted by Crippen LogP contribution is -2.44. The molecule has 9 nitrogen and oxygen atoms in total. The fourth-order valence-electron chi connectivity index (χ4n) is 2.25. The third-order valence-corrected chi connectivity index (χ3v) is 5.52. The van der Waals surface area contributed by atoms with Crippen molar-refractivity contribution in [3.63, 3.8) is 0 Å². The number of alkyl halides is 3. The maximum Gasteiger partial charge on any atom is 0.422 e. The van der Waals surface area contributed by atoms with Gasteiger partial charge in [-0.3, -0.25) is 0 Å². The Morgan fingerprint density at radius 1 is 1.25 bits per heavy atom. The standard InChI is InChI=1S/C15H21F3N4O5S/c16-15(17,18)11-27-13-2-1-12(9-20-13)10-21-14(23)19-3-8-28(24,25)22-4-6-26-7-5-22/h1-2,9H,3-8,10-11H2,(H2,19,21,23). The first-order chi connectivity index (χ1) is 13.2. The Morgan fingerprint density at radius 2 is 1.96 bits per heavy atom. The summed E-state index contributed by atoms with van der Waals surface area (Å²) in [4.78, 5) is 15.5. The fraction of sp³-hybridized carbons (Fsp3) is 0.600. The van der Waals surface area contributed by atoms with Crippen LogP contribution in [0.4, 0.5) is 18.0 Å². The van der Waals surface area contributed by atoms with Gasteiger partial charge in [-0.05, 0) is 5.56 Å². The molecule has 28 heavy (non-hydrogen) atoms. The Balaban J connectivity index is 1.68. The van der Waals surface area contributed by atoms with Gasteiger partial charge < -0.3 is 20.1 Å². The summed E-state index contributed by atoms with van der Waals surface area (Å²) in [5, 5.41) is 4.94. The van der Waals surface area contributed by atoms with Crippen molar-refractivity contribution in [1.82, 2.24) is 19.9 Å². The van der Waals surface area contributed by atoms with Crippen LogP contribution in [0.2, 0.25) is 0 Å². The van der Waals surface area contributed by atoms with E-state index in [1.54, 1.807) is 0 Å². The van der Waals surface area contributed by atoms with Crippen LogP contribution >= 0.6 is 0 Å². The normalized spacial score (nSPS) is 15.8. The van der Waals surface area contributed by atoms with Crippen LogP contribution in [0.3, 0.4) is 0 Å². The number of sulfonamides is 1. The molecule has 158 valence electrons. The molecule has 2 amide bonds. The molecular formula is C15H21F3N4O5S. The van der Waals surface area contributed by atoms with Gasteiger partial charge in [0.05, 0.1) is 19.0 Å². The van der Waals surface area contributed by atoms with Crippen LogP contribution in [0.5, 0.6) is 5.88 Å². The topological polar surface area (TPSA) is 110 Å². The first-order valence-electron chi connectivity index (χ1n) is 8.37. The van der Waals surface area contributed by atoms with E-state index in [9.17, 15) is 26.4 Å². The number of aromatic nitrogens is 1. The summed E-state index contributed by atoms with van der Waals surface area (Å²) in [7, 11) is -3.46. The molecule has 0 aromatic carbocycles. The van der Waals surface area contributed by atoms with Crippen LogP contribution in [0.25, 0.3) is 0 Å². The maximum atomic E-state index is 12.1. The molecule has 2 heterocycles. The molecule has 2 rings (SSSR count). The molecule has 0 unspecified atom stereocenters. The van der Waals surface area contributed by atoms with E-state index in [2.05, 4.69) is 20.4 Å². The molecule has 0 saturated carbocycles. The van der Waals surface area contributed by atoms with Gasteiger partial charge in [0.15, 0.2) is 6.61 Å². The lowest BCUT2D eigenvalue weighted by atomic mass is 10.3. The fourth-order valence-corrected chi connectivity index (χ4v) is 3.57. The van der Waals surface area contributed by atoms with Crippen LogP contribution in [0.1, 0.15) is 5.56 Å². The van der Waals surface area contributed by atoms with E-state index in [0.717, 1.165) is 0 Å². The van der Waals surface area contributed by atoms with E-state index in [1.165, 1.54) is 22.6 Å². The van der Waals surface area contributed by atoms with Crippen molar-refractivity contribution in [3.05, 3.63) is 23.9 Å². The van der Waals surface area contributed by atoms with Gasteiger partial charge >= 0.3 is 12.2 Å². The SMILES string of the molecule is O=C(NCCS(=O)(=O)N1CCOCC1)NCc1ccc(OCC(F)(F)F)nc1. The number of rotatable bonds is 8. The second kappa shape index (κ2) is 9.89. The summed E-state index contributed by atoms with van der Waals surface area (Å²) in [6, 6.07) is 2.15. The molecular weight excluding hydrogens is 405 g/mol. The van der Waals surface area contributed by atoms with Crippen LogP contribution in [-0.2, 0) is 21.3 Å². The first kappa shape index (κ1) is 22.2. The van der Waals surface area contributed by atoms with E-state index >= 15 is 0 Å². The van der Waals surface area contributed by atoms with Gasteiger partial charge in [-0.2, -0.15) is 17.5 Å². The number of amides is 2. The predicted octanol–water partition coefficient (Wildman–Crippen LogP) is 0.484. The number of urea groups is 1. The van der Waals surface area contributed by atoms with Crippen LogP contribution in [0, 0.1) is 0 Å². The Morgan fingerprint density at radius 3 is 2.57 bits per heavy atom. The Bertz CT molecular complexity index is 737. The molecule has 0 spiro atoms. The number of carbonyl (C=O) groups excluding carboxylic acids is 1. The minimum atomic E-state index is -4.45. The molecule has 1 aromatic rings. The Labute approximate surface area is 160 Å². The molecule has 1 fully saturated rings. The number of ether oxygens (including phenoxy) is 2. The van der Waals surface area contributed by atoms with Gasteiger partial charge in [0, 0.05) is 38.4 Å². The molecule has 1 aliphatic rings. The lowest BCUT2D eigenvalue weighted by molar-refractivity contribution is -0.154. The molecule has 0 aliphatic carbocycles. The van der Waals surface area contributed by atoms with Gasteiger partial charge in [0.2, 0.25) is 15.9 Å². The van der Waals surface area contributed by atoms with E-state index in [1.807, 2.05) is 0 Å². The van der Waals surface area contributed by atoms with Crippen LogP contribution < -0.4 is 15.4 Å². The molecule has 0 atom stereocenters. The quantitative estimate of drug-likeness (QED) is 0.626. The smallest absolute Gasteiger partial charge is 0.422 e. The number of hydrogen-bond acceptors (Lipinski definition) is 6. The van der Waals surface area contributed by atoms with Crippen molar-refractivity contribution in [3.8, 4) is 5.88 Å². The number of halogens is 3. The zero-order chi connectivity index (χ0) is 20.6. The van der Waals surface area contributed by atoms with Gasteiger partial charge in [-0.25, -0.2) is 18.2 Å². The number of carbonyl (C=O) groups is 1. The van der Waals surface area contributed by atoms with E-state index < -0.39 is 28.8 Å². The number of pyridine rings is 1. The number of nitrogens with one attached hydrogen (secondary N) is 2. The molecule has 1 saturated heterocycles. The van der Waals surface area contributed by atoms with E-state index in [-0.39, 0.29) is 24.7 Å². The van der Waals surface area contributed by atoms with E-state index in [4.69, 9.17) is 4.74 Å². The average Bonchev–Trinajstić information content (AvgIpc) is 2.65. The van der Waals surface area contributed by atoms with Crippen molar-refractivity contribution in [2.24, 2.45) is 0 Å². The third-order valence-electron chi connectivity index (χ3n) is 3.64. The molecule has 1 aliphatic heterocycles. The summed E-state index contributed by atoms with van der Waals surface area (Å²) in [6.07, 6.45) is -3.18. The highest BCUT2D eigenvalue weighted by molar-refractivity contribution is 7.89. The van der Waals surface area contributed by atoms with E-state index in [0.29, 0.717) is 31.9 Å². The summed E-state index contributed by atoms with van der Waals surface area (Å²) in [5.74, 6) is -0.411. The average molecular weight is 426 g/mol. The second-order valence-electron chi connectivity index (χ2n) is 5.85. The Kier molecular flexibility index (Phi) is 7.83. The summed E-state index contributed by atoms with van der Waals surface area (Å²) in [5.41, 5.74) is 0.537. The molecule has 13 heteroatoms. The van der Waals surface area contributed by atoms with Crippen LogP contribution in [0.15, 0.2) is 18.3 Å². The van der Waals surface area contributed by atoms with Crippen molar-refractivity contribution in [2.75, 3.05) is 45.2 Å². The summed E-state index contributed by atoms with van der Waals surface area (Å²) in [6.45, 7) is -0.146. The minimum Gasteiger partial charge on any atom is -0.468 e. The van der Waals surface area contributed by atoms with Crippen molar-refractivity contribution in [2.45, 2.75) is 12.7 Å². The van der Waals surface area contributed by atoms with Gasteiger partial charge in [-0.15, -0.1) is 0 Å². The summed E-state index contributed by atoms with van der Waals surface area (Å²) >= 11 is 0. The first-order valence-corrected chi connectivity index (χ1v) is 9.98. The molecule has 2 N–H and O–H groups in total. The molecule has 1 aromatic heterocycles. The van der Waals surface area contributed by atoms with Crippen molar-refractivity contribution < 1.29 is 35.9 Å². The minimum absolute atomic E-state index is 0.0615. The van der Waals surface area contributed by atoms with Crippen molar-refractivity contribution >= 4 is 16.1 Å². The Hall–Kier alpha value is -2.12. The zero-order valence-corrected chi connectivity index (χ0v) is 15.7. The number of nitrogens with zero attached hydrogens (tertiary/aromatic N) is 2. The van der Waals surface area contributed by atoms with Crippen molar-refractivity contribution in [1.29, 1.82) is 0 Å². The number of hydrogen-bond donors (Lipinski definition) is 2. The summed E-state index contributed by atoms with van der Waals surface area (Å²) < 4.78 is 71.3. The van der Waals surface area contributed by atoms with Crippen LogP contribution in [-0.4, -0.2) is 75.1 Å². The molecule has 0 radical (unpaired) electrons. The second-order valence-corrected chi connectivity index (χ2v) is 7.93. The van der Waals surface area contributed by atoms with Gasteiger partial charge in [-0.1, -0.05) is 6.07 Å². The number of morpholine rings is 1. The highest BCUT2D eigenvalue weighted by atomic mass is 32.2. The highest BCUT2D eigenvalue weighted by Crippen LogP contribution is 2.17. The van der Waals surface area contributed by atoms with Gasteiger partial charge in [0.1, 0.15) is 0 Å². The third kappa shape index (κ3) is 7.86. The largest absolute Gasteiger partial charge is 0.468 e. The maximum absolute atomic E-state index is 12.1. The monoisotopic (exact) mass is 426 g/mol. The van der Waals surface area contributed by atoms with Gasteiger partial charge in [0.25, 0.3) is 0 Å². The highest BCUT2D eigenvalue weighted by Gasteiger charge is 2.28. The molecule has 0 bridgehead atoms. The lowest BCUT2D eigenvalue weighted by Gasteiger charge is -2.26. The zero-order valence-electron chi connectivity index (χ0n) is 14.9.